The molecule has 35 heavy (non-hydrogen) atoms. The summed E-state index contributed by atoms with van der Waals surface area (Å²) in [5, 5.41) is 10.3. The van der Waals surface area contributed by atoms with Crippen LogP contribution >= 0.6 is 0 Å². The third-order valence-electron chi connectivity index (χ3n) is 7.38. The number of hydrogen-bond donors (Lipinski definition) is 2. The molecule has 2 heterocycles. The largest absolute Gasteiger partial charge is 0.381 e. The van der Waals surface area contributed by atoms with Gasteiger partial charge in [-0.2, -0.15) is 0 Å². The highest BCUT2D eigenvalue weighted by atomic mass is 19.1. The van der Waals surface area contributed by atoms with E-state index in [4.69, 9.17) is 5.73 Å². The Morgan fingerprint density at radius 2 is 1.69 bits per heavy atom. The minimum absolute atomic E-state index is 0.180. The highest BCUT2D eigenvalue weighted by Crippen LogP contribution is 2.43. The zero-order chi connectivity index (χ0) is 25.3. The van der Waals surface area contributed by atoms with Gasteiger partial charge < -0.3 is 15.7 Å². The predicted octanol–water partition coefficient (Wildman–Crippen LogP) is 3.57. The van der Waals surface area contributed by atoms with Gasteiger partial charge in [0.1, 0.15) is 17.2 Å². The number of nitrogens with zero attached hydrogens (tertiary/aromatic N) is 2. The first-order chi connectivity index (χ1) is 16.5. The maximum Gasteiger partial charge on any atom is 0.254 e. The van der Waals surface area contributed by atoms with Gasteiger partial charge >= 0.3 is 0 Å². The van der Waals surface area contributed by atoms with Gasteiger partial charge in [0.2, 0.25) is 5.91 Å². The van der Waals surface area contributed by atoms with E-state index in [1.54, 1.807) is 6.07 Å². The summed E-state index contributed by atoms with van der Waals surface area (Å²) in [5.41, 5.74) is 5.25. The Kier molecular flexibility index (Phi) is 7.24. The van der Waals surface area contributed by atoms with E-state index in [1.807, 2.05) is 18.2 Å². The normalized spacial score (nSPS) is 22.3. The molecule has 2 unspecified atom stereocenters. The Morgan fingerprint density at radius 1 is 1.09 bits per heavy atom. The van der Waals surface area contributed by atoms with Crippen LogP contribution in [-0.2, 0) is 11.3 Å². The summed E-state index contributed by atoms with van der Waals surface area (Å²) in [6.45, 7) is 3.34. The molecule has 2 aliphatic heterocycles. The van der Waals surface area contributed by atoms with Crippen LogP contribution in [0.1, 0.15) is 66.9 Å². The van der Waals surface area contributed by atoms with Crippen molar-refractivity contribution < 1.29 is 23.5 Å². The number of carbonyl (C=O) groups is 2. The van der Waals surface area contributed by atoms with Crippen molar-refractivity contribution in [3.8, 4) is 0 Å². The fourth-order valence-corrected chi connectivity index (χ4v) is 5.61. The van der Waals surface area contributed by atoms with Crippen molar-refractivity contribution in [2.24, 2.45) is 5.73 Å². The van der Waals surface area contributed by atoms with Crippen LogP contribution in [0.15, 0.2) is 42.5 Å². The molecule has 2 aromatic carbocycles. The summed E-state index contributed by atoms with van der Waals surface area (Å²) < 4.78 is 28.6. The number of halogens is 2. The van der Waals surface area contributed by atoms with E-state index in [0.29, 0.717) is 30.1 Å². The minimum atomic E-state index is -1.65. The van der Waals surface area contributed by atoms with Crippen molar-refractivity contribution in [2.45, 2.75) is 69.7 Å². The molecule has 2 fully saturated rings. The number of benzene rings is 2. The average Bonchev–Trinajstić information content (AvgIpc) is 3.04. The van der Waals surface area contributed by atoms with Gasteiger partial charge in [-0.05, 0) is 75.3 Å². The Hall–Kier alpha value is -2.84. The molecule has 2 aromatic rings. The summed E-state index contributed by atoms with van der Waals surface area (Å²) in [5.74, 6) is -2.10. The van der Waals surface area contributed by atoms with Gasteiger partial charge in [-0.25, -0.2) is 8.78 Å². The topological polar surface area (TPSA) is 86.9 Å². The smallest absolute Gasteiger partial charge is 0.254 e. The molecule has 188 valence electrons. The molecule has 2 atom stereocenters. The van der Waals surface area contributed by atoms with E-state index in [1.165, 1.54) is 36.9 Å². The fourth-order valence-electron chi connectivity index (χ4n) is 5.61. The van der Waals surface area contributed by atoms with Crippen LogP contribution in [0.5, 0.6) is 0 Å². The van der Waals surface area contributed by atoms with Gasteiger partial charge in [0.05, 0.1) is 6.54 Å². The van der Waals surface area contributed by atoms with Crippen LogP contribution in [0, 0.1) is 11.6 Å². The summed E-state index contributed by atoms with van der Waals surface area (Å²) in [4.78, 5) is 28.3. The quantitative estimate of drug-likeness (QED) is 0.599. The van der Waals surface area contributed by atoms with Crippen molar-refractivity contribution in [1.82, 2.24) is 9.80 Å². The summed E-state index contributed by atoms with van der Waals surface area (Å²) in [6, 6.07) is 11.8. The number of piperidine rings is 1. The van der Waals surface area contributed by atoms with Gasteiger partial charge in [-0.1, -0.05) is 18.2 Å². The fraction of sp³-hybridized carbons (Fsp3) is 0.481. The molecule has 2 aliphatic rings. The Bertz CT molecular complexity index is 1070. The SMILES string of the molecule is CC(C)(O)C(=O)N(CCN1C2CCC1CC(c1cccc(C(N)=O)c1)C2)Cc1c(F)cccc1F. The lowest BCUT2D eigenvalue weighted by atomic mass is 9.84. The molecular formula is C27H33F2N3O3. The number of hydrogen-bond acceptors (Lipinski definition) is 4. The maximum atomic E-state index is 14.3. The second kappa shape index (κ2) is 10.0. The zero-order valence-corrected chi connectivity index (χ0v) is 20.2. The number of aliphatic hydroxyl groups is 1. The number of nitrogens with two attached hydrogens (primary N) is 1. The Labute approximate surface area is 204 Å². The van der Waals surface area contributed by atoms with Crippen molar-refractivity contribution in [3.63, 3.8) is 0 Å². The Morgan fingerprint density at radius 3 is 2.26 bits per heavy atom. The number of carbonyl (C=O) groups excluding carboxylic acids is 2. The first-order valence-electron chi connectivity index (χ1n) is 12.1. The maximum absolute atomic E-state index is 14.3. The number of primary amides is 1. The van der Waals surface area contributed by atoms with Gasteiger partial charge in [-0.15, -0.1) is 0 Å². The second-order valence-corrected chi connectivity index (χ2v) is 10.3. The standard InChI is InChI=1S/C27H33F2N3O3/c1-27(2,35)26(34)31(16-22-23(28)7-4-8-24(22)29)11-12-32-20-9-10-21(32)15-19(14-20)17-5-3-6-18(13-17)25(30)33/h3-8,13,19-21,35H,9-12,14-16H2,1-2H3,(H2,30,33). The van der Waals surface area contributed by atoms with E-state index in [2.05, 4.69) is 4.90 Å². The van der Waals surface area contributed by atoms with Gasteiger partial charge in [0.25, 0.3) is 5.91 Å². The monoisotopic (exact) mass is 485 g/mol. The number of rotatable bonds is 8. The average molecular weight is 486 g/mol. The molecule has 2 amide bonds. The lowest BCUT2D eigenvalue weighted by molar-refractivity contribution is -0.149. The predicted molar refractivity (Wildman–Crippen MR) is 129 cm³/mol. The lowest BCUT2D eigenvalue weighted by Crippen LogP contribution is -2.50. The van der Waals surface area contributed by atoms with E-state index >= 15 is 0 Å². The molecule has 0 radical (unpaired) electrons. The zero-order valence-electron chi connectivity index (χ0n) is 20.2. The lowest BCUT2D eigenvalue weighted by Gasteiger charge is -2.40. The van der Waals surface area contributed by atoms with Crippen LogP contribution in [0.25, 0.3) is 0 Å². The van der Waals surface area contributed by atoms with E-state index in [9.17, 15) is 23.5 Å². The first kappa shape index (κ1) is 25.3. The van der Waals surface area contributed by atoms with Crippen molar-refractivity contribution in [2.75, 3.05) is 13.1 Å². The van der Waals surface area contributed by atoms with E-state index < -0.39 is 29.0 Å². The first-order valence-corrected chi connectivity index (χ1v) is 12.1. The van der Waals surface area contributed by atoms with Crippen molar-refractivity contribution >= 4 is 11.8 Å². The Balaban J connectivity index is 1.46. The molecule has 4 rings (SSSR count). The summed E-state index contributed by atoms with van der Waals surface area (Å²) >= 11 is 0. The van der Waals surface area contributed by atoms with Crippen molar-refractivity contribution in [3.05, 3.63) is 70.8 Å². The van der Waals surface area contributed by atoms with Crippen LogP contribution < -0.4 is 5.73 Å². The second-order valence-electron chi connectivity index (χ2n) is 10.3. The number of amides is 2. The molecule has 6 nitrogen and oxygen atoms in total. The third kappa shape index (κ3) is 5.54. The number of fused-ring (bicyclic) bond motifs is 2. The molecular weight excluding hydrogens is 452 g/mol. The molecule has 0 aliphatic carbocycles. The molecule has 2 saturated heterocycles. The summed E-state index contributed by atoms with van der Waals surface area (Å²) in [7, 11) is 0. The molecule has 0 aromatic heterocycles. The molecule has 3 N–H and O–H groups in total. The van der Waals surface area contributed by atoms with E-state index in [0.717, 1.165) is 31.2 Å². The van der Waals surface area contributed by atoms with Crippen LogP contribution in [0.3, 0.4) is 0 Å². The molecule has 0 spiro atoms. The van der Waals surface area contributed by atoms with Gasteiger partial charge in [0.15, 0.2) is 0 Å². The minimum Gasteiger partial charge on any atom is -0.381 e. The van der Waals surface area contributed by atoms with Crippen molar-refractivity contribution in [1.29, 1.82) is 0 Å². The molecule has 2 bridgehead atoms. The van der Waals surface area contributed by atoms with Crippen LogP contribution in [0.2, 0.25) is 0 Å². The molecule has 8 heteroatoms. The highest BCUT2D eigenvalue weighted by Gasteiger charge is 2.41. The van der Waals surface area contributed by atoms with Gasteiger partial charge in [0, 0.05) is 36.3 Å². The summed E-state index contributed by atoms with van der Waals surface area (Å²) in [6.07, 6.45) is 3.94. The third-order valence-corrected chi connectivity index (χ3v) is 7.38. The molecule has 0 saturated carbocycles. The highest BCUT2D eigenvalue weighted by molar-refractivity contribution is 5.92. The van der Waals surface area contributed by atoms with E-state index in [-0.39, 0.29) is 18.7 Å². The van der Waals surface area contributed by atoms with Crippen LogP contribution in [0.4, 0.5) is 8.78 Å². The van der Waals surface area contributed by atoms with Gasteiger partial charge in [-0.3, -0.25) is 14.5 Å². The van der Waals surface area contributed by atoms with Crippen LogP contribution in [-0.4, -0.2) is 57.5 Å².